The molecular weight excluding hydrogens is 298 g/mol. The lowest BCUT2D eigenvalue weighted by Gasteiger charge is -2.22. The number of hydrogen-bond donors (Lipinski definition) is 1. The summed E-state index contributed by atoms with van der Waals surface area (Å²) in [5.41, 5.74) is 0.954. The number of rotatable bonds is 5. The summed E-state index contributed by atoms with van der Waals surface area (Å²) in [6.45, 7) is 5.06. The molecule has 0 bridgehead atoms. The van der Waals surface area contributed by atoms with Gasteiger partial charge in [0.15, 0.2) is 0 Å². The average molecular weight is 318 g/mol. The van der Waals surface area contributed by atoms with Gasteiger partial charge in [-0.3, -0.25) is 0 Å². The Balaban J connectivity index is 2.01. The highest BCUT2D eigenvalue weighted by atomic mass is 35.5. The van der Waals surface area contributed by atoms with Crippen molar-refractivity contribution in [1.82, 2.24) is 9.97 Å². The monoisotopic (exact) mass is 317 g/mol. The molecule has 1 atom stereocenters. The zero-order valence-corrected chi connectivity index (χ0v) is 13.8. The lowest BCUT2D eigenvalue weighted by molar-refractivity contribution is 0.829. The number of thioether (sulfide) groups is 2. The number of anilines is 1. The van der Waals surface area contributed by atoms with E-state index >= 15 is 0 Å². The first-order valence-corrected chi connectivity index (χ1v) is 9.25. The number of nitrogens with one attached hydrogen (secondary N) is 1. The van der Waals surface area contributed by atoms with Gasteiger partial charge in [-0.15, -0.1) is 0 Å². The van der Waals surface area contributed by atoms with Crippen molar-refractivity contribution in [3.05, 3.63) is 16.5 Å². The molecule has 106 valence electrons. The molecule has 0 aromatic carbocycles. The second-order valence-electron chi connectivity index (χ2n) is 4.60. The third-order valence-electron chi connectivity index (χ3n) is 2.99. The Kier molecular flexibility index (Phi) is 6.10. The van der Waals surface area contributed by atoms with E-state index in [9.17, 15) is 0 Å². The maximum atomic E-state index is 6.18. The predicted octanol–water partition coefficient (Wildman–Crippen LogP) is 3.65. The number of halogens is 1. The van der Waals surface area contributed by atoms with Gasteiger partial charge < -0.3 is 5.32 Å². The molecule has 0 radical (unpaired) electrons. The van der Waals surface area contributed by atoms with Crippen molar-refractivity contribution < 1.29 is 0 Å². The van der Waals surface area contributed by atoms with Gasteiger partial charge in [-0.2, -0.15) is 23.5 Å². The molecule has 2 rings (SSSR count). The van der Waals surface area contributed by atoms with Gasteiger partial charge in [0.05, 0.1) is 0 Å². The minimum atomic E-state index is 0.576. The lowest BCUT2D eigenvalue weighted by atomic mass is 10.3. The summed E-state index contributed by atoms with van der Waals surface area (Å²) in [5, 5.41) is 4.70. The normalized spacial score (nSPS) is 19.4. The van der Waals surface area contributed by atoms with Gasteiger partial charge in [0.1, 0.15) is 16.8 Å². The van der Waals surface area contributed by atoms with Crippen molar-refractivity contribution in [2.45, 2.75) is 31.9 Å². The highest BCUT2D eigenvalue weighted by molar-refractivity contribution is 8.06. The van der Waals surface area contributed by atoms with Gasteiger partial charge >= 0.3 is 0 Å². The molecule has 0 aliphatic carbocycles. The molecule has 1 aromatic rings. The van der Waals surface area contributed by atoms with E-state index in [1.165, 1.54) is 17.3 Å². The van der Waals surface area contributed by atoms with E-state index in [-0.39, 0.29) is 0 Å². The largest absolute Gasteiger partial charge is 0.369 e. The zero-order valence-electron chi connectivity index (χ0n) is 11.4. The highest BCUT2D eigenvalue weighted by Gasteiger charge is 2.15. The summed E-state index contributed by atoms with van der Waals surface area (Å²) in [7, 11) is 0. The Morgan fingerprint density at radius 2 is 2.21 bits per heavy atom. The van der Waals surface area contributed by atoms with Crippen molar-refractivity contribution >= 4 is 40.9 Å². The third kappa shape index (κ3) is 4.43. The molecule has 0 saturated carbocycles. The number of aryl methyl sites for hydroxylation is 1. The van der Waals surface area contributed by atoms with Crippen LogP contribution in [0.3, 0.4) is 0 Å². The summed E-state index contributed by atoms with van der Waals surface area (Å²) >= 11 is 10.3. The summed E-state index contributed by atoms with van der Waals surface area (Å²) in [5.74, 6) is 5.49. The fraction of sp³-hybridized carbons (Fsp3) is 0.692. The molecule has 0 spiro atoms. The van der Waals surface area contributed by atoms with Gasteiger partial charge in [0.25, 0.3) is 0 Å². The first-order chi connectivity index (χ1) is 9.20. The van der Waals surface area contributed by atoms with Crippen molar-refractivity contribution in [2.75, 3.05) is 29.1 Å². The molecule has 1 aliphatic rings. The number of hydrogen-bond acceptors (Lipinski definition) is 5. The highest BCUT2D eigenvalue weighted by Crippen LogP contribution is 2.25. The fourth-order valence-electron chi connectivity index (χ4n) is 1.91. The molecule has 0 amide bonds. The van der Waals surface area contributed by atoms with Crippen LogP contribution in [0.1, 0.15) is 24.7 Å². The van der Waals surface area contributed by atoms with Crippen molar-refractivity contribution in [2.24, 2.45) is 0 Å². The Morgan fingerprint density at radius 1 is 1.37 bits per heavy atom. The van der Waals surface area contributed by atoms with Gasteiger partial charge in [-0.05, 0) is 13.3 Å². The van der Waals surface area contributed by atoms with Gasteiger partial charge in [-0.1, -0.05) is 18.5 Å². The van der Waals surface area contributed by atoms with Crippen molar-refractivity contribution in [1.29, 1.82) is 0 Å². The van der Waals surface area contributed by atoms with Crippen molar-refractivity contribution in [3.63, 3.8) is 0 Å². The van der Waals surface area contributed by atoms with E-state index in [1.54, 1.807) is 0 Å². The molecule has 1 aliphatic heterocycles. The molecule has 6 heteroatoms. The van der Waals surface area contributed by atoms with Crippen LogP contribution in [0, 0.1) is 6.92 Å². The molecule has 1 unspecified atom stereocenters. The minimum Gasteiger partial charge on any atom is -0.369 e. The van der Waals surface area contributed by atoms with E-state index in [2.05, 4.69) is 22.2 Å². The molecule has 2 heterocycles. The average Bonchev–Trinajstić information content (AvgIpc) is 2.42. The van der Waals surface area contributed by atoms with Gasteiger partial charge in [0, 0.05) is 41.0 Å². The first kappa shape index (κ1) is 15.3. The quantitative estimate of drug-likeness (QED) is 0.839. The second kappa shape index (κ2) is 7.60. The molecule has 3 nitrogen and oxygen atoms in total. The van der Waals surface area contributed by atoms with E-state index in [4.69, 9.17) is 11.6 Å². The van der Waals surface area contributed by atoms with E-state index in [0.717, 1.165) is 36.6 Å². The summed E-state index contributed by atoms with van der Waals surface area (Å²) in [6.07, 6.45) is 1.91. The molecular formula is C13H20ClN3S2. The number of aromatic nitrogens is 2. The minimum absolute atomic E-state index is 0.576. The van der Waals surface area contributed by atoms with Crippen LogP contribution in [-0.4, -0.2) is 39.0 Å². The van der Waals surface area contributed by atoms with Crippen LogP contribution in [0.5, 0.6) is 0 Å². The smallest absolute Gasteiger partial charge is 0.137 e. The van der Waals surface area contributed by atoms with Crippen LogP contribution in [-0.2, 0) is 6.42 Å². The predicted molar refractivity (Wildman–Crippen MR) is 87.8 cm³/mol. The SMILES string of the molecule is CCCc1nc(Cl)c(C)c(NCC2CSCCS2)n1. The second-order valence-corrected chi connectivity index (χ2v) is 7.52. The molecule has 1 fully saturated rings. The van der Waals surface area contributed by atoms with Crippen LogP contribution in [0.2, 0.25) is 5.15 Å². The summed E-state index contributed by atoms with van der Waals surface area (Å²) < 4.78 is 0. The Labute approximate surface area is 128 Å². The number of nitrogens with zero attached hydrogens (tertiary/aromatic N) is 2. The third-order valence-corrected chi connectivity index (χ3v) is 6.20. The molecule has 1 saturated heterocycles. The van der Waals surface area contributed by atoms with E-state index in [1.807, 2.05) is 30.4 Å². The maximum Gasteiger partial charge on any atom is 0.137 e. The molecule has 19 heavy (non-hydrogen) atoms. The molecule has 1 N–H and O–H groups in total. The van der Waals surface area contributed by atoms with Crippen LogP contribution in [0.25, 0.3) is 0 Å². The van der Waals surface area contributed by atoms with Crippen LogP contribution >= 0.6 is 35.1 Å². The van der Waals surface area contributed by atoms with Crippen LogP contribution in [0.15, 0.2) is 0 Å². The van der Waals surface area contributed by atoms with Gasteiger partial charge in [0.2, 0.25) is 0 Å². The topological polar surface area (TPSA) is 37.8 Å². The Bertz CT molecular complexity index is 423. The standard InChI is InChI=1S/C13H20ClN3S2/c1-3-4-11-16-12(14)9(2)13(17-11)15-7-10-8-18-5-6-19-10/h10H,3-8H2,1-2H3,(H,15,16,17). The van der Waals surface area contributed by atoms with E-state index < -0.39 is 0 Å². The van der Waals surface area contributed by atoms with Gasteiger partial charge in [-0.25, -0.2) is 9.97 Å². The van der Waals surface area contributed by atoms with Crippen LogP contribution in [0.4, 0.5) is 5.82 Å². The summed E-state index contributed by atoms with van der Waals surface area (Å²) in [4.78, 5) is 8.91. The van der Waals surface area contributed by atoms with Crippen LogP contribution < -0.4 is 5.32 Å². The summed E-state index contributed by atoms with van der Waals surface area (Å²) in [6, 6.07) is 0. The first-order valence-electron chi connectivity index (χ1n) is 6.67. The maximum absolute atomic E-state index is 6.18. The fourth-order valence-corrected chi connectivity index (χ4v) is 4.70. The Hall–Kier alpha value is -0.130. The van der Waals surface area contributed by atoms with Crippen molar-refractivity contribution in [3.8, 4) is 0 Å². The Morgan fingerprint density at radius 3 is 2.89 bits per heavy atom. The zero-order chi connectivity index (χ0) is 13.7. The molecule has 1 aromatic heterocycles. The lowest BCUT2D eigenvalue weighted by Crippen LogP contribution is -2.24. The van der Waals surface area contributed by atoms with E-state index in [0.29, 0.717) is 10.4 Å².